The molecule has 24 heavy (non-hydrogen) atoms. The predicted octanol–water partition coefficient (Wildman–Crippen LogP) is 3.04. The van der Waals surface area contributed by atoms with Crippen LogP contribution in [0.5, 0.6) is 5.75 Å². The Kier molecular flexibility index (Phi) is 3.98. The summed E-state index contributed by atoms with van der Waals surface area (Å²) < 4.78 is 19.0. The van der Waals surface area contributed by atoms with Crippen molar-refractivity contribution in [3.05, 3.63) is 68.0 Å². The fourth-order valence-electron chi connectivity index (χ4n) is 2.61. The highest BCUT2D eigenvalue weighted by molar-refractivity contribution is 5.67. The summed E-state index contributed by atoms with van der Waals surface area (Å²) in [6.45, 7) is 0.785. The van der Waals surface area contributed by atoms with E-state index in [9.17, 15) is 24.6 Å². The number of non-ortho nitro benzene ring substituents is 1. The molecular weight excluding hydrogens is 321 g/mol. The minimum atomic E-state index is -0.688. The minimum absolute atomic E-state index is 0.200. The third-order valence-electron chi connectivity index (χ3n) is 3.71. The average molecular weight is 333 g/mol. The first-order valence-corrected chi connectivity index (χ1v) is 7.04. The molecule has 0 atom stereocenters. The standard InChI is InChI=1S/C15H12FN3O5/c16-11-1-4-15-10(7-11)9-17(5-6-24-15)13-3-2-12(18(20)21)8-14(13)19(22)23/h1-4,7-8H,5-6,9H2. The van der Waals surface area contributed by atoms with Gasteiger partial charge in [-0.15, -0.1) is 0 Å². The summed E-state index contributed by atoms with van der Waals surface area (Å²) in [6, 6.07) is 7.57. The molecule has 0 spiro atoms. The fraction of sp³-hybridized carbons (Fsp3) is 0.200. The van der Waals surface area contributed by atoms with Gasteiger partial charge in [0.05, 0.1) is 22.5 Å². The Morgan fingerprint density at radius 3 is 2.58 bits per heavy atom. The normalized spacial score (nSPS) is 13.6. The molecule has 0 amide bonds. The van der Waals surface area contributed by atoms with Gasteiger partial charge in [-0.3, -0.25) is 20.2 Å². The summed E-state index contributed by atoms with van der Waals surface area (Å²) >= 11 is 0. The van der Waals surface area contributed by atoms with Gasteiger partial charge in [-0.25, -0.2) is 4.39 Å². The second kappa shape index (κ2) is 6.11. The third kappa shape index (κ3) is 2.96. The first-order chi connectivity index (χ1) is 11.5. The summed E-state index contributed by atoms with van der Waals surface area (Å²) in [5.74, 6) is 0.0841. The molecule has 0 saturated heterocycles. The molecule has 1 heterocycles. The minimum Gasteiger partial charge on any atom is -0.491 e. The van der Waals surface area contributed by atoms with Gasteiger partial charge in [-0.2, -0.15) is 0 Å². The first kappa shape index (κ1) is 15.7. The summed E-state index contributed by atoms with van der Waals surface area (Å²) in [5, 5.41) is 22.1. The van der Waals surface area contributed by atoms with Gasteiger partial charge >= 0.3 is 0 Å². The monoisotopic (exact) mass is 333 g/mol. The van der Waals surface area contributed by atoms with E-state index in [4.69, 9.17) is 4.74 Å². The average Bonchev–Trinajstić information content (AvgIpc) is 2.75. The van der Waals surface area contributed by atoms with Crippen LogP contribution in [0.3, 0.4) is 0 Å². The van der Waals surface area contributed by atoms with Crippen molar-refractivity contribution in [3.8, 4) is 5.75 Å². The van der Waals surface area contributed by atoms with E-state index in [2.05, 4.69) is 0 Å². The highest BCUT2D eigenvalue weighted by Gasteiger charge is 2.25. The van der Waals surface area contributed by atoms with Crippen LogP contribution in [0.2, 0.25) is 0 Å². The van der Waals surface area contributed by atoms with E-state index >= 15 is 0 Å². The van der Waals surface area contributed by atoms with Crippen LogP contribution in [0.1, 0.15) is 5.56 Å². The van der Waals surface area contributed by atoms with Gasteiger partial charge in [0, 0.05) is 18.2 Å². The number of hydrogen-bond acceptors (Lipinski definition) is 6. The predicted molar refractivity (Wildman–Crippen MR) is 82.7 cm³/mol. The summed E-state index contributed by atoms with van der Waals surface area (Å²) in [7, 11) is 0. The number of hydrogen-bond donors (Lipinski definition) is 0. The smallest absolute Gasteiger partial charge is 0.299 e. The van der Waals surface area contributed by atoms with Crippen LogP contribution in [0.25, 0.3) is 0 Å². The van der Waals surface area contributed by atoms with Crippen molar-refractivity contribution in [2.45, 2.75) is 6.54 Å². The molecule has 0 aliphatic carbocycles. The second-order valence-electron chi connectivity index (χ2n) is 5.21. The molecule has 0 aromatic heterocycles. The number of nitro benzene ring substituents is 2. The van der Waals surface area contributed by atoms with Crippen molar-refractivity contribution >= 4 is 17.1 Å². The van der Waals surface area contributed by atoms with Crippen LogP contribution in [-0.4, -0.2) is 23.0 Å². The Morgan fingerprint density at radius 1 is 1.08 bits per heavy atom. The van der Waals surface area contributed by atoms with E-state index in [0.717, 1.165) is 6.07 Å². The number of anilines is 1. The fourth-order valence-corrected chi connectivity index (χ4v) is 2.61. The number of nitrogens with zero attached hydrogens (tertiary/aromatic N) is 3. The lowest BCUT2D eigenvalue weighted by atomic mass is 10.1. The molecule has 0 unspecified atom stereocenters. The number of fused-ring (bicyclic) bond motifs is 1. The van der Waals surface area contributed by atoms with Gasteiger partial charge in [0.15, 0.2) is 0 Å². The Labute approximate surface area is 135 Å². The highest BCUT2D eigenvalue weighted by Crippen LogP contribution is 2.35. The van der Waals surface area contributed by atoms with E-state index in [-0.39, 0.29) is 30.2 Å². The van der Waals surface area contributed by atoms with Crippen molar-refractivity contribution in [1.82, 2.24) is 0 Å². The molecule has 0 N–H and O–H groups in total. The molecule has 0 saturated carbocycles. The van der Waals surface area contributed by atoms with Crippen LogP contribution in [0, 0.1) is 26.0 Å². The summed E-state index contributed by atoms with van der Waals surface area (Å²) in [4.78, 5) is 22.4. The number of rotatable bonds is 3. The van der Waals surface area contributed by atoms with Crippen LogP contribution >= 0.6 is 0 Å². The largest absolute Gasteiger partial charge is 0.491 e. The number of nitro groups is 2. The van der Waals surface area contributed by atoms with E-state index in [1.165, 1.54) is 30.3 Å². The van der Waals surface area contributed by atoms with Crippen LogP contribution in [0.15, 0.2) is 36.4 Å². The topological polar surface area (TPSA) is 98.8 Å². The maximum absolute atomic E-state index is 13.4. The number of halogens is 1. The zero-order chi connectivity index (χ0) is 17.3. The van der Waals surface area contributed by atoms with E-state index in [1.807, 2.05) is 0 Å². The van der Waals surface area contributed by atoms with Gasteiger partial charge in [-0.1, -0.05) is 0 Å². The molecule has 1 aliphatic rings. The maximum atomic E-state index is 13.4. The third-order valence-corrected chi connectivity index (χ3v) is 3.71. The van der Waals surface area contributed by atoms with Crippen LogP contribution in [0.4, 0.5) is 21.5 Å². The number of benzene rings is 2. The van der Waals surface area contributed by atoms with Gasteiger partial charge in [0.2, 0.25) is 0 Å². The molecule has 2 aromatic carbocycles. The maximum Gasteiger partial charge on any atom is 0.299 e. The Morgan fingerprint density at radius 2 is 1.88 bits per heavy atom. The lowest BCUT2D eigenvalue weighted by molar-refractivity contribution is -0.393. The second-order valence-corrected chi connectivity index (χ2v) is 5.21. The molecule has 3 rings (SSSR count). The molecule has 9 heteroatoms. The van der Waals surface area contributed by atoms with Crippen LogP contribution in [-0.2, 0) is 6.54 Å². The molecule has 8 nitrogen and oxygen atoms in total. The Balaban J connectivity index is 2.02. The molecule has 124 valence electrons. The van der Waals surface area contributed by atoms with Crippen molar-refractivity contribution in [3.63, 3.8) is 0 Å². The van der Waals surface area contributed by atoms with Gasteiger partial charge in [0.1, 0.15) is 23.9 Å². The van der Waals surface area contributed by atoms with Crippen molar-refractivity contribution in [2.24, 2.45) is 0 Å². The Hall–Kier alpha value is -3.23. The summed E-state index contributed by atoms with van der Waals surface area (Å²) in [6.07, 6.45) is 0. The molecule has 0 fully saturated rings. The quantitative estimate of drug-likeness (QED) is 0.632. The lowest BCUT2D eigenvalue weighted by Gasteiger charge is -2.21. The number of ether oxygens (including phenoxy) is 1. The molecule has 0 radical (unpaired) electrons. The zero-order valence-electron chi connectivity index (χ0n) is 12.3. The van der Waals surface area contributed by atoms with Crippen LogP contribution < -0.4 is 9.64 Å². The Bertz CT molecular complexity index is 827. The SMILES string of the molecule is O=[N+]([O-])c1ccc(N2CCOc3ccc(F)cc3C2)c([N+](=O)[O-])c1. The molecule has 1 aliphatic heterocycles. The molecule has 2 aromatic rings. The molecule has 0 bridgehead atoms. The van der Waals surface area contributed by atoms with E-state index in [1.54, 1.807) is 4.90 Å². The summed E-state index contributed by atoms with van der Waals surface area (Å²) in [5.41, 5.74) is 0.0541. The zero-order valence-corrected chi connectivity index (χ0v) is 12.3. The van der Waals surface area contributed by atoms with Crippen molar-refractivity contribution < 1.29 is 19.0 Å². The van der Waals surface area contributed by atoms with E-state index < -0.39 is 15.7 Å². The van der Waals surface area contributed by atoms with Gasteiger partial charge < -0.3 is 9.64 Å². The molecular formula is C15H12FN3O5. The van der Waals surface area contributed by atoms with Gasteiger partial charge in [-0.05, 0) is 24.3 Å². The first-order valence-electron chi connectivity index (χ1n) is 7.04. The van der Waals surface area contributed by atoms with Crippen molar-refractivity contribution in [1.29, 1.82) is 0 Å². The lowest BCUT2D eigenvalue weighted by Crippen LogP contribution is -2.26. The highest BCUT2D eigenvalue weighted by atomic mass is 19.1. The van der Waals surface area contributed by atoms with Gasteiger partial charge in [0.25, 0.3) is 11.4 Å². The van der Waals surface area contributed by atoms with Crippen molar-refractivity contribution in [2.75, 3.05) is 18.1 Å². The van der Waals surface area contributed by atoms with E-state index in [0.29, 0.717) is 17.9 Å².